The summed E-state index contributed by atoms with van der Waals surface area (Å²) in [5, 5.41) is 2.51. The summed E-state index contributed by atoms with van der Waals surface area (Å²) >= 11 is 0. The predicted molar refractivity (Wildman–Crippen MR) is 189 cm³/mol. The van der Waals surface area contributed by atoms with Crippen LogP contribution in [0.25, 0.3) is 21.7 Å². The van der Waals surface area contributed by atoms with Crippen molar-refractivity contribution in [3.8, 4) is 6.01 Å². The van der Waals surface area contributed by atoms with Crippen LogP contribution in [0.5, 0.6) is 6.01 Å². The highest BCUT2D eigenvalue weighted by molar-refractivity contribution is 5.97. The van der Waals surface area contributed by atoms with Crippen molar-refractivity contribution < 1.29 is 9.53 Å². The molecule has 10 heteroatoms. The zero-order valence-electron chi connectivity index (χ0n) is 27.8. The van der Waals surface area contributed by atoms with Gasteiger partial charge in [0.15, 0.2) is 0 Å². The van der Waals surface area contributed by atoms with Crippen LogP contribution in [0.2, 0.25) is 0 Å². The van der Waals surface area contributed by atoms with E-state index in [1.54, 1.807) is 24.5 Å². The molecule has 0 aliphatic carbocycles. The van der Waals surface area contributed by atoms with Gasteiger partial charge in [0.1, 0.15) is 18.5 Å². The molecule has 0 spiro atoms. The van der Waals surface area contributed by atoms with Gasteiger partial charge in [-0.25, -0.2) is 6.57 Å². The zero-order chi connectivity index (χ0) is 33.0. The highest BCUT2D eigenvalue weighted by atomic mass is 16.5. The van der Waals surface area contributed by atoms with Gasteiger partial charge in [0.2, 0.25) is 12.5 Å². The third-order valence-corrected chi connectivity index (χ3v) is 10.0. The van der Waals surface area contributed by atoms with Crippen LogP contribution in [0.1, 0.15) is 35.2 Å². The molecule has 2 aromatic heterocycles. The summed E-state index contributed by atoms with van der Waals surface area (Å²) in [4.78, 5) is 40.1. The molecule has 48 heavy (non-hydrogen) atoms. The number of aromatic nitrogens is 3. The Bertz CT molecular complexity index is 1850. The van der Waals surface area contributed by atoms with Gasteiger partial charge in [-0.3, -0.25) is 9.78 Å². The lowest BCUT2D eigenvalue weighted by molar-refractivity contribution is -0.128. The van der Waals surface area contributed by atoms with E-state index < -0.39 is 0 Å². The molecule has 0 N–H and O–H groups in total. The number of benzene rings is 2. The molecule has 4 aromatic rings. The molecule has 2 atom stereocenters. The number of carbonyl (C=O) groups is 1. The summed E-state index contributed by atoms with van der Waals surface area (Å²) in [6.07, 6.45) is 9.87. The van der Waals surface area contributed by atoms with Gasteiger partial charge < -0.3 is 29.2 Å². The largest absolute Gasteiger partial charge is 0.462 e. The third-order valence-electron chi connectivity index (χ3n) is 10.0. The molecule has 5 heterocycles. The van der Waals surface area contributed by atoms with Gasteiger partial charge >= 0.3 is 6.01 Å². The average Bonchev–Trinajstić information content (AvgIpc) is 3.53. The molecule has 0 bridgehead atoms. The number of hydrogen-bond donors (Lipinski definition) is 0. The topological polar surface area (TPSA) is 82.3 Å². The van der Waals surface area contributed by atoms with Crippen molar-refractivity contribution in [2.24, 2.45) is 0 Å². The molecule has 3 aliphatic rings. The molecule has 3 aliphatic heterocycles. The van der Waals surface area contributed by atoms with E-state index in [0.717, 1.165) is 48.6 Å². The first kappa shape index (κ1) is 31.6. The fraction of sp³-hybridized carbons (Fsp3) is 0.395. The van der Waals surface area contributed by atoms with Crippen molar-refractivity contribution in [2.45, 2.75) is 44.8 Å². The van der Waals surface area contributed by atoms with Gasteiger partial charge in [-0.2, -0.15) is 9.97 Å². The summed E-state index contributed by atoms with van der Waals surface area (Å²) < 4.78 is 6.36. The van der Waals surface area contributed by atoms with Gasteiger partial charge in [0.05, 0.1) is 12.2 Å². The number of aryl methyl sites for hydroxylation is 1. The van der Waals surface area contributed by atoms with E-state index in [-0.39, 0.29) is 18.5 Å². The summed E-state index contributed by atoms with van der Waals surface area (Å²) in [5.41, 5.74) is 5.45. The Morgan fingerprint density at radius 1 is 1.04 bits per heavy atom. The van der Waals surface area contributed by atoms with Gasteiger partial charge in [-0.1, -0.05) is 36.4 Å². The molecule has 7 rings (SSSR count). The van der Waals surface area contributed by atoms with Crippen LogP contribution in [-0.2, 0) is 17.8 Å². The second-order valence-electron chi connectivity index (χ2n) is 13.1. The number of fused-ring (bicyclic) bond motifs is 2. The lowest BCUT2D eigenvalue weighted by atomic mass is 9.99. The van der Waals surface area contributed by atoms with Gasteiger partial charge in [0, 0.05) is 67.3 Å². The van der Waals surface area contributed by atoms with Crippen LogP contribution in [0.3, 0.4) is 0 Å². The van der Waals surface area contributed by atoms with E-state index in [0.29, 0.717) is 44.8 Å². The number of nitrogens with zero attached hydrogens (tertiary/aromatic N) is 8. The highest BCUT2D eigenvalue weighted by Gasteiger charge is 2.35. The molecule has 0 radical (unpaired) electrons. The van der Waals surface area contributed by atoms with Crippen molar-refractivity contribution in [2.75, 3.05) is 62.7 Å². The standard InChI is InChI=1S/C38H42N8O2/c1-27-8-4-10-29-11-5-13-34(36(27)29)44-19-16-32-33(25-44)41-38(48-26-30-12-7-18-43(30)3)42-37(32)45-20-21-46(31(24-45)23-39-2)35(47)15-14-28-9-6-17-40-22-28/h4-6,8-11,13-15,17,22,30-31H,7,12,16,18-21,23-26H2,1,3H3/b15-14+/t30-,31-/m0/s1. The number of rotatable bonds is 8. The number of ether oxygens (including phenoxy) is 1. The second-order valence-corrected chi connectivity index (χ2v) is 13.1. The minimum atomic E-state index is -0.261. The van der Waals surface area contributed by atoms with Gasteiger partial charge in [-0.05, 0) is 74.5 Å². The number of piperazine rings is 1. The van der Waals surface area contributed by atoms with Crippen molar-refractivity contribution in [3.05, 3.63) is 101 Å². The number of carbonyl (C=O) groups excluding carboxylic acids is 1. The van der Waals surface area contributed by atoms with Crippen LogP contribution in [0.4, 0.5) is 11.5 Å². The number of hydrogen-bond acceptors (Lipinski definition) is 8. The van der Waals surface area contributed by atoms with Crippen LogP contribution < -0.4 is 14.5 Å². The maximum atomic E-state index is 13.4. The number of likely N-dealkylation sites (tertiary alicyclic amines) is 1. The fourth-order valence-electron chi connectivity index (χ4n) is 7.39. The fourth-order valence-corrected chi connectivity index (χ4v) is 7.39. The minimum absolute atomic E-state index is 0.0948. The summed E-state index contributed by atoms with van der Waals surface area (Å²) in [7, 11) is 2.15. The van der Waals surface area contributed by atoms with Crippen molar-refractivity contribution >= 4 is 34.3 Å². The first-order chi connectivity index (χ1) is 23.5. The lowest BCUT2D eigenvalue weighted by Gasteiger charge is -2.41. The molecule has 2 aromatic carbocycles. The Morgan fingerprint density at radius 2 is 1.92 bits per heavy atom. The quantitative estimate of drug-likeness (QED) is 0.196. The van der Waals surface area contributed by atoms with Crippen molar-refractivity contribution in [3.63, 3.8) is 0 Å². The monoisotopic (exact) mass is 642 g/mol. The van der Waals surface area contributed by atoms with Crippen LogP contribution in [-0.4, -0.2) is 95.7 Å². The first-order valence-electron chi connectivity index (χ1n) is 16.9. The Balaban J connectivity index is 1.18. The Kier molecular flexibility index (Phi) is 9.21. The zero-order valence-corrected chi connectivity index (χ0v) is 27.8. The van der Waals surface area contributed by atoms with Crippen molar-refractivity contribution in [1.29, 1.82) is 0 Å². The highest BCUT2D eigenvalue weighted by Crippen LogP contribution is 2.36. The van der Waals surface area contributed by atoms with E-state index in [1.807, 2.05) is 17.0 Å². The normalized spacial score (nSPS) is 19.9. The Morgan fingerprint density at radius 3 is 2.71 bits per heavy atom. The molecule has 2 saturated heterocycles. The lowest BCUT2D eigenvalue weighted by Crippen LogP contribution is -2.56. The molecular formula is C38H42N8O2. The van der Waals surface area contributed by atoms with Gasteiger partial charge in [-0.15, -0.1) is 0 Å². The number of pyridine rings is 1. The van der Waals surface area contributed by atoms with Crippen LogP contribution in [0.15, 0.2) is 67.0 Å². The van der Waals surface area contributed by atoms with Crippen LogP contribution in [0, 0.1) is 13.5 Å². The summed E-state index contributed by atoms with van der Waals surface area (Å²) in [5.74, 6) is 0.777. The van der Waals surface area contributed by atoms with Crippen LogP contribution >= 0.6 is 0 Å². The molecule has 1 amide bonds. The van der Waals surface area contributed by atoms with E-state index >= 15 is 0 Å². The maximum absolute atomic E-state index is 13.4. The molecular weight excluding hydrogens is 600 g/mol. The molecule has 0 unspecified atom stereocenters. The summed E-state index contributed by atoms with van der Waals surface area (Å²) in [6, 6.07) is 17.2. The summed E-state index contributed by atoms with van der Waals surface area (Å²) in [6.45, 7) is 14.8. The van der Waals surface area contributed by atoms with E-state index in [2.05, 4.69) is 74.9 Å². The SMILES string of the molecule is [C-]#[N+]C[C@H]1CN(c2nc(OC[C@@H]3CCCN3C)nc3c2CCN(c2cccc4cccc(C)c24)C3)CCN1C(=O)/C=C/c1cccnc1. The van der Waals surface area contributed by atoms with Crippen molar-refractivity contribution in [1.82, 2.24) is 24.8 Å². The molecule has 2 fully saturated rings. The molecule has 10 nitrogen and oxygen atoms in total. The smallest absolute Gasteiger partial charge is 0.318 e. The Hall–Kier alpha value is -5.01. The van der Waals surface area contributed by atoms with Gasteiger partial charge in [0.25, 0.3) is 0 Å². The predicted octanol–water partition coefficient (Wildman–Crippen LogP) is 5.02. The average molecular weight is 643 g/mol. The minimum Gasteiger partial charge on any atom is -0.462 e. The number of anilines is 2. The van der Waals surface area contributed by atoms with E-state index in [9.17, 15) is 4.79 Å². The second kappa shape index (κ2) is 14.0. The maximum Gasteiger partial charge on any atom is 0.318 e. The van der Waals surface area contributed by atoms with E-state index in [1.165, 1.54) is 28.4 Å². The first-order valence-corrected chi connectivity index (χ1v) is 16.9. The third kappa shape index (κ3) is 6.56. The Labute approximate surface area is 282 Å². The number of likely N-dealkylation sites (N-methyl/N-ethyl adjacent to an activating group) is 1. The van der Waals surface area contributed by atoms with E-state index in [4.69, 9.17) is 21.3 Å². The molecule has 0 saturated carbocycles. The molecule has 246 valence electrons. The number of amides is 1.